The van der Waals surface area contributed by atoms with Crippen molar-refractivity contribution in [1.82, 2.24) is 8.61 Å². The highest BCUT2D eigenvalue weighted by atomic mass is 32.2. The predicted octanol–water partition coefficient (Wildman–Crippen LogP) is 1.78. The molecule has 1 aliphatic rings. The van der Waals surface area contributed by atoms with Gasteiger partial charge in [-0.15, -0.1) is 0 Å². The lowest BCUT2D eigenvalue weighted by Crippen LogP contribution is -2.45. The van der Waals surface area contributed by atoms with Crippen LogP contribution in [-0.2, 0) is 24.8 Å². The van der Waals surface area contributed by atoms with E-state index in [-0.39, 0.29) is 17.5 Å². The second-order valence-electron chi connectivity index (χ2n) is 7.41. The number of carbonyl (C=O) groups excluding carboxylic acids is 1. The maximum atomic E-state index is 12.6. The van der Waals surface area contributed by atoms with Crippen LogP contribution in [0.25, 0.3) is 0 Å². The first-order valence-electron chi connectivity index (χ1n) is 9.23. The number of sulfonamides is 2. The van der Waals surface area contributed by atoms with E-state index in [2.05, 4.69) is 5.32 Å². The van der Waals surface area contributed by atoms with Gasteiger partial charge in [-0.2, -0.15) is 4.31 Å². The smallest absolute Gasteiger partial charge is 0.242 e. The quantitative estimate of drug-likeness (QED) is 0.709. The zero-order valence-electron chi connectivity index (χ0n) is 16.8. The second kappa shape index (κ2) is 8.89. The second-order valence-corrected chi connectivity index (χ2v) is 11.5. The van der Waals surface area contributed by atoms with Crippen molar-refractivity contribution in [3.05, 3.63) is 23.8 Å². The number of hydrogen-bond acceptors (Lipinski definition) is 5. The fourth-order valence-electron chi connectivity index (χ4n) is 3.32. The number of amides is 1. The molecule has 0 heterocycles. The van der Waals surface area contributed by atoms with E-state index in [0.717, 1.165) is 42.7 Å². The first-order chi connectivity index (χ1) is 12.9. The lowest BCUT2D eigenvalue weighted by atomic mass is 9.95. The zero-order valence-corrected chi connectivity index (χ0v) is 18.4. The molecule has 0 unspecified atom stereocenters. The summed E-state index contributed by atoms with van der Waals surface area (Å²) in [7, 11) is -4.31. The van der Waals surface area contributed by atoms with Crippen molar-refractivity contribution >= 4 is 31.6 Å². The molecular weight excluding hydrogens is 402 g/mol. The molecule has 0 aliphatic heterocycles. The van der Waals surface area contributed by atoms with Crippen molar-refractivity contribution in [2.24, 2.45) is 0 Å². The van der Waals surface area contributed by atoms with E-state index in [9.17, 15) is 21.6 Å². The van der Waals surface area contributed by atoms with Gasteiger partial charge in [-0.05, 0) is 37.5 Å². The number of benzene rings is 1. The number of anilines is 1. The SMILES string of the molecule is Cc1ccc(S(=O)(=O)N(C)C)cc1NC(=O)CN(C1CCCCC1)S(C)(=O)=O. The maximum absolute atomic E-state index is 12.6. The Morgan fingerprint density at radius 1 is 1.11 bits per heavy atom. The van der Waals surface area contributed by atoms with Gasteiger partial charge in [0, 0.05) is 25.8 Å². The van der Waals surface area contributed by atoms with Crippen LogP contribution in [-0.4, -0.2) is 64.3 Å². The molecule has 8 nitrogen and oxygen atoms in total. The lowest BCUT2D eigenvalue weighted by Gasteiger charge is -2.31. The number of aryl methyl sites for hydroxylation is 1. The molecule has 0 saturated heterocycles. The van der Waals surface area contributed by atoms with E-state index >= 15 is 0 Å². The van der Waals surface area contributed by atoms with Crippen LogP contribution >= 0.6 is 0 Å². The minimum Gasteiger partial charge on any atom is -0.325 e. The molecule has 0 radical (unpaired) electrons. The molecule has 1 saturated carbocycles. The van der Waals surface area contributed by atoms with Crippen molar-refractivity contribution in [2.75, 3.05) is 32.2 Å². The third-order valence-electron chi connectivity index (χ3n) is 4.97. The van der Waals surface area contributed by atoms with Gasteiger partial charge in [0.05, 0.1) is 17.7 Å². The van der Waals surface area contributed by atoms with Gasteiger partial charge in [0.1, 0.15) is 0 Å². The molecule has 1 fully saturated rings. The fourth-order valence-corrected chi connectivity index (χ4v) is 5.36. The van der Waals surface area contributed by atoms with Gasteiger partial charge in [0.15, 0.2) is 0 Å². The van der Waals surface area contributed by atoms with Crippen LogP contribution in [0, 0.1) is 6.92 Å². The Balaban J connectivity index is 2.21. The molecule has 0 aromatic heterocycles. The van der Waals surface area contributed by atoms with Crippen LogP contribution in [0.3, 0.4) is 0 Å². The number of nitrogens with zero attached hydrogens (tertiary/aromatic N) is 2. The third kappa shape index (κ3) is 5.53. The van der Waals surface area contributed by atoms with Crippen molar-refractivity contribution in [2.45, 2.75) is 50.0 Å². The minimum atomic E-state index is -3.64. The molecule has 1 aromatic carbocycles. The number of rotatable bonds is 7. The highest BCUT2D eigenvalue weighted by Crippen LogP contribution is 2.25. The minimum absolute atomic E-state index is 0.0608. The van der Waals surface area contributed by atoms with E-state index in [4.69, 9.17) is 0 Å². The largest absolute Gasteiger partial charge is 0.325 e. The average molecular weight is 432 g/mol. The summed E-state index contributed by atoms with van der Waals surface area (Å²) >= 11 is 0. The summed E-state index contributed by atoms with van der Waals surface area (Å²) in [5.41, 5.74) is 1.04. The first kappa shape index (κ1) is 22.8. The van der Waals surface area contributed by atoms with Gasteiger partial charge in [-0.1, -0.05) is 25.3 Å². The van der Waals surface area contributed by atoms with Gasteiger partial charge in [-0.3, -0.25) is 4.79 Å². The predicted molar refractivity (Wildman–Crippen MR) is 109 cm³/mol. The van der Waals surface area contributed by atoms with Gasteiger partial charge in [0.2, 0.25) is 26.0 Å². The Morgan fingerprint density at radius 2 is 1.71 bits per heavy atom. The molecule has 2 rings (SSSR count). The maximum Gasteiger partial charge on any atom is 0.242 e. The number of carbonyl (C=O) groups is 1. The highest BCUT2D eigenvalue weighted by Gasteiger charge is 2.30. The summed E-state index contributed by atoms with van der Waals surface area (Å²) in [6, 6.07) is 4.32. The van der Waals surface area contributed by atoms with Crippen molar-refractivity contribution in [3.63, 3.8) is 0 Å². The van der Waals surface area contributed by atoms with Gasteiger partial charge >= 0.3 is 0 Å². The van der Waals surface area contributed by atoms with E-state index in [0.29, 0.717) is 11.3 Å². The molecule has 1 amide bonds. The van der Waals surface area contributed by atoms with E-state index < -0.39 is 26.0 Å². The van der Waals surface area contributed by atoms with Crippen LogP contribution in [0.15, 0.2) is 23.1 Å². The van der Waals surface area contributed by atoms with Crippen LogP contribution in [0.1, 0.15) is 37.7 Å². The van der Waals surface area contributed by atoms with Crippen molar-refractivity contribution < 1.29 is 21.6 Å². The zero-order chi connectivity index (χ0) is 21.1. The van der Waals surface area contributed by atoms with Gasteiger partial charge in [-0.25, -0.2) is 21.1 Å². The van der Waals surface area contributed by atoms with Crippen LogP contribution in [0.4, 0.5) is 5.69 Å². The first-order valence-corrected chi connectivity index (χ1v) is 12.5. The summed E-state index contributed by atoms with van der Waals surface area (Å²) in [6.45, 7) is 1.46. The normalized spacial score (nSPS) is 16.5. The Labute approximate surface area is 168 Å². The van der Waals surface area contributed by atoms with Crippen LogP contribution in [0.5, 0.6) is 0 Å². The number of nitrogens with one attached hydrogen (secondary N) is 1. The van der Waals surface area contributed by atoms with Crippen LogP contribution < -0.4 is 5.32 Å². The summed E-state index contributed by atoms with van der Waals surface area (Å²) in [5, 5.41) is 2.68. The summed E-state index contributed by atoms with van der Waals surface area (Å²) in [5.74, 6) is -0.488. The van der Waals surface area contributed by atoms with E-state index in [1.165, 1.54) is 30.5 Å². The molecule has 28 heavy (non-hydrogen) atoms. The fraction of sp³-hybridized carbons (Fsp3) is 0.611. The lowest BCUT2D eigenvalue weighted by molar-refractivity contribution is -0.116. The Bertz CT molecular complexity index is 921. The van der Waals surface area contributed by atoms with Crippen LogP contribution in [0.2, 0.25) is 0 Å². The molecule has 1 aromatic rings. The van der Waals surface area contributed by atoms with E-state index in [1.54, 1.807) is 13.0 Å². The molecule has 10 heteroatoms. The Kier molecular flexibility index (Phi) is 7.24. The third-order valence-corrected chi connectivity index (χ3v) is 8.06. The summed E-state index contributed by atoms with van der Waals surface area (Å²) in [4.78, 5) is 12.6. The standard InChI is InChI=1S/C18H29N3O5S2/c1-14-10-11-16(28(25,26)20(2)3)12-17(14)19-18(22)13-21(27(4,23)24)15-8-6-5-7-9-15/h10-12,15H,5-9,13H2,1-4H3,(H,19,22). The monoisotopic (exact) mass is 431 g/mol. The Morgan fingerprint density at radius 3 is 2.25 bits per heavy atom. The summed E-state index contributed by atoms with van der Waals surface area (Å²) in [6.07, 6.45) is 5.58. The number of hydrogen-bond donors (Lipinski definition) is 1. The highest BCUT2D eigenvalue weighted by molar-refractivity contribution is 7.89. The van der Waals surface area contributed by atoms with Crippen molar-refractivity contribution in [1.29, 1.82) is 0 Å². The molecular formula is C18H29N3O5S2. The summed E-state index contributed by atoms with van der Waals surface area (Å²) < 4.78 is 51.4. The molecule has 1 N–H and O–H groups in total. The molecule has 0 spiro atoms. The van der Waals surface area contributed by atoms with Crippen molar-refractivity contribution in [3.8, 4) is 0 Å². The Hall–Kier alpha value is -1.49. The van der Waals surface area contributed by atoms with Gasteiger partial charge < -0.3 is 5.32 Å². The van der Waals surface area contributed by atoms with Gasteiger partial charge in [0.25, 0.3) is 0 Å². The topological polar surface area (TPSA) is 104 Å². The molecule has 0 atom stereocenters. The molecule has 0 bridgehead atoms. The molecule has 1 aliphatic carbocycles. The van der Waals surface area contributed by atoms with E-state index in [1.807, 2.05) is 0 Å². The average Bonchev–Trinajstić information content (AvgIpc) is 2.61. The molecule has 158 valence electrons.